The molecule has 0 aliphatic heterocycles. The first-order valence-corrected chi connectivity index (χ1v) is 21.3. The van der Waals surface area contributed by atoms with Gasteiger partial charge in [0.25, 0.3) is 0 Å². The zero-order valence-electron chi connectivity index (χ0n) is 34.0. The summed E-state index contributed by atoms with van der Waals surface area (Å²) in [6, 6.07) is 77.3. The van der Waals surface area contributed by atoms with Gasteiger partial charge in [0.05, 0.1) is 38.8 Å². The van der Waals surface area contributed by atoms with Gasteiger partial charge in [-0.2, -0.15) is 9.97 Å². The molecule has 63 heavy (non-hydrogen) atoms. The predicted octanol–water partition coefficient (Wildman–Crippen LogP) is 14.2. The molecule has 13 rings (SSSR count). The third-order valence-electron chi connectivity index (χ3n) is 12.5. The average Bonchev–Trinajstić information content (AvgIpc) is 4.00. The van der Waals surface area contributed by atoms with Crippen molar-refractivity contribution in [2.24, 2.45) is 0 Å². The van der Waals surface area contributed by atoms with Crippen LogP contribution in [0.4, 0.5) is 0 Å². The van der Waals surface area contributed by atoms with E-state index in [4.69, 9.17) is 15.0 Å². The first-order chi connectivity index (χ1) is 31.3. The van der Waals surface area contributed by atoms with Crippen molar-refractivity contribution in [1.82, 2.24) is 28.7 Å². The van der Waals surface area contributed by atoms with Crippen molar-refractivity contribution in [3.05, 3.63) is 218 Å². The lowest BCUT2D eigenvalue weighted by atomic mass is 10.0. The van der Waals surface area contributed by atoms with Crippen LogP contribution in [-0.4, -0.2) is 28.7 Å². The summed E-state index contributed by atoms with van der Waals surface area (Å²) in [6.07, 6.45) is 0. The normalized spacial score (nSPS) is 11.8. The molecule has 4 aromatic heterocycles. The van der Waals surface area contributed by atoms with Gasteiger partial charge in [-0.1, -0.05) is 146 Å². The van der Waals surface area contributed by atoms with Crippen LogP contribution in [0.15, 0.2) is 218 Å². The van der Waals surface area contributed by atoms with Gasteiger partial charge in [0, 0.05) is 49.1 Å². The zero-order valence-corrected chi connectivity index (χ0v) is 34.0. The fourth-order valence-corrected chi connectivity index (χ4v) is 9.72. The first kappa shape index (κ1) is 35.2. The topological polar surface area (TPSA) is 53.5 Å². The minimum Gasteiger partial charge on any atom is -0.309 e. The Kier molecular flexibility index (Phi) is 7.80. The second-order valence-corrected chi connectivity index (χ2v) is 16.0. The molecule has 0 spiro atoms. The van der Waals surface area contributed by atoms with Gasteiger partial charge in [0.1, 0.15) is 0 Å². The van der Waals surface area contributed by atoms with Crippen LogP contribution in [0.2, 0.25) is 0 Å². The van der Waals surface area contributed by atoms with Crippen LogP contribution in [0.25, 0.3) is 117 Å². The molecule has 9 aromatic carbocycles. The standard InChI is InChI=1S/C57H36N6/c1-3-17-37(18-4-1)38-31-33-45-43-23-9-15-29-51(43)63(54(45)36-38)57-59-55(39-32-34-53-47(35-39)44-24-10-12-26-48(44)61(53)40-19-5-2-6-20-40)58-56(60-57)46-25-11-16-30-52(46)62-49-27-13-7-21-41(49)42-22-8-14-28-50(42)62/h1-36H. The largest absolute Gasteiger partial charge is 0.309 e. The molecule has 0 bridgehead atoms. The number of para-hydroxylation sites is 6. The first-order valence-electron chi connectivity index (χ1n) is 21.3. The molecule has 0 saturated carbocycles. The monoisotopic (exact) mass is 804 g/mol. The number of hydrogen-bond donors (Lipinski definition) is 0. The Morgan fingerprint density at radius 2 is 0.762 bits per heavy atom. The highest BCUT2D eigenvalue weighted by Gasteiger charge is 2.22. The average molecular weight is 805 g/mol. The summed E-state index contributed by atoms with van der Waals surface area (Å²) in [5.74, 6) is 1.73. The molecule has 0 aliphatic rings. The van der Waals surface area contributed by atoms with Gasteiger partial charge in [0.2, 0.25) is 5.95 Å². The Morgan fingerprint density at radius 1 is 0.270 bits per heavy atom. The zero-order chi connectivity index (χ0) is 41.4. The second kappa shape index (κ2) is 14.0. The summed E-state index contributed by atoms with van der Waals surface area (Å²) in [7, 11) is 0. The van der Waals surface area contributed by atoms with E-state index in [1.165, 1.54) is 16.2 Å². The maximum atomic E-state index is 5.48. The molecule has 0 fully saturated rings. The second-order valence-electron chi connectivity index (χ2n) is 16.0. The van der Waals surface area contributed by atoms with Crippen molar-refractivity contribution in [2.75, 3.05) is 0 Å². The minimum absolute atomic E-state index is 0.551. The molecule has 294 valence electrons. The predicted molar refractivity (Wildman–Crippen MR) is 259 cm³/mol. The van der Waals surface area contributed by atoms with E-state index >= 15 is 0 Å². The van der Waals surface area contributed by atoms with Crippen LogP contribution >= 0.6 is 0 Å². The molecule has 0 atom stereocenters. The van der Waals surface area contributed by atoms with E-state index in [-0.39, 0.29) is 0 Å². The molecule has 6 heteroatoms. The van der Waals surface area contributed by atoms with Crippen LogP contribution in [0.5, 0.6) is 0 Å². The summed E-state index contributed by atoms with van der Waals surface area (Å²) >= 11 is 0. The van der Waals surface area contributed by atoms with Crippen molar-refractivity contribution in [3.63, 3.8) is 0 Å². The lowest BCUT2D eigenvalue weighted by molar-refractivity contribution is 0.952. The van der Waals surface area contributed by atoms with E-state index in [1.807, 2.05) is 0 Å². The van der Waals surface area contributed by atoms with Gasteiger partial charge in [0.15, 0.2) is 11.6 Å². The Morgan fingerprint density at radius 3 is 1.44 bits per heavy atom. The third kappa shape index (κ3) is 5.48. The third-order valence-corrected chi connectivity index (χ3v) is 12.5. The molecule has 0 amide bonds. The Balaban J connectivity index is 1.10. The van der Waals surface area contributed by atoms with E-state index in [2.05, 4.69) is 232 Å². The van der Waals surface area contributed by atoms with Gasteiger partial charge in [-0.25, -0.2) is 4.98 Å². The Bertz CT molecular complexity index is 3860. The summed E-state index contributed by atoms with van der Waals surface area (Å²) in [6.45, 7) is 0. The van der Waals surface area contributed by atoms with E-state index in [1.54, 1.807) is 0 Å². The maximum absolute atomic E-state index is 5.48. The van der Waals surface area contributed by atoms with Gasteiger partial charge < -0.3 is 9.13 Å². The van der Waals surface area contributed by atoms with Gasteiger partial charge >= 0.3 is 0 Å². The molecular weight excluding hydrogens is 769 g/mol. The maximum Gasteiger partial charge on any atom is 0.238 e. The van der Waals surface area contributed by atoms with Crippen molar-refractivity contribution in [3.8, 4) is 51.2 Å². The van der Waals surface area contributed by atoms with Gasteiger partial charge in [-0.05, 0) is 83.9 Å². The number of hydrogen-bond acceptors (Lipinski definition) is 3. The fourth-order valence-electron chi connectivity index (χ4n) is 9.72. The minimum atomic E-state index is 0.551. The summed E-state index contributed by atoms with van der Waals surface area (Å²) in [5.41, 5.74) is 12.8. The highest BCUT2D eigenvalue weighted by molar-refractivity contribution is 6.12. The number of nitrogens with zero attached hydrogens (tertiary/aromatic N) is 6. The fraction of sp³-hybridized carbons (Fsp3) is 0. The summed E-state index contributed by atoms with van der Waals surface area (Å²) < 4.78 is 6.90. The van der Waals surface area contributed by atoms with Gasteiger partial charge in [-0.15, -0.1) is 0 Å². The lowest BCUT2D eigenvalue weighted by Crippen LogP contribution is -2.08. The summed E-state index contributed by atoms with van der Waals surface area (Å²) in [5, 5.41) is 6.96. The number of benzene rings is 9. The Hall–Kier alpha value is -8.61. The molecular formula is C57H36N6. The van der Waals surface area contributed by atoms with Crippen LogP contribution in [0.1, 0.15) is 0 Å². The van der Waals surface area contributed by atoms with Crippen LogP contribution in [0, 0.1) is 0 Å². The highest BCUT2D eigenvalue weighted by atomic mass is 15.2. The number of fused-ring (bicyclic) bond motifs is 9. The van der Waals surface area contributed by atoms with Crippen molar-refractivity contribution >= 4 is 65.4 Å². The van der Waals surface area contributed by atoms with Crippen molar-refractivity contribution in [2.45, 2.75) is 0 Å². The number of rotatable bonds is 6. The quantitative estimate of drug-likeness (QED) is 0.168. The molecule has 4 heterocycles. The van der Waals surface area contributed by atoms with Crippen molar-refractivity contribution < 1.29 is 0 Å². The van der Waals surface area contributed by atoms with E-state index in [0.29, 0.717) is 17.6 Å². The molecule has 0 aliphatic carbocycles. The van der Waals surface area contributed by atoms with E-state index < -0.39 is 0 Å². The van der Waals surface area contributed by atoms with E-state index in [9.17, 15) is 0 Å². The van der Waals surface area contributed by atoms with Crippen LogP contribution in [0.3, 0.4) is 0 Å². The van der Waals surface area contributed by atoms with E-state index in [0.717, 1.165) is 82.9 Å². The Labute approximate surface area is 362 Å². The molecule has 0 radical (unpaired) electrons. The molecule has 0 N–H and O–H groups in total. The van der Waals surface area contributed by atoms with Crippen LogP contribution < -0.4 is 0 Å². The molecule has 0 unspecified atom stereocenters. The molecule has 6 nitrogen and oxygen atoms in total. The summed E-state index contributed by atoms with van der Waals surface area (Å²) in [4.78, 5) is 16.4. The SMILES string of the molecule is c1ccc(-c2ccc3c4ccccc4n(-c4nc(-c5ccc6c(c5)c5ccccc5n6-c5ccccc5)nc(-c5ccccc5-n5c6ccccc6c6ccccc65)n4)c3c2)cc1. The van der Waals surface area contributed by atoms with Gasteiger partial charge in [-0.3, -0.25) is 4.57 Å². The number of aromatic nitrogens is 6. The smallest absolute Gasteiger partial charge is 0.238 e. The highest BCUT2D eigenvalue weighted by Crippen LogP contribution is 2.39. The van der Waals surface area contributed by atoms with Crippen LogP contribution in [-0.2, 0) is 0 Å². The lowest BCUT2D eigenvalue weighted by Gasteiger charge is -2.15. The molecule has 13 aromatic rings. The van der Waals surface area contributed by atoms with Crippen molar-refractivity contribution in [1.29, 1.82) is 0 Å². The molecule has 0 saturated heterocycles.